The zero-order valence-corrected chi connectivity index (χ0v) is 11.3. The molecule has 1 amide bonds. The highest BCUT2D eigenvalue weighted by atomic mass is 16.5. The number of ether oxygens (including phenoxy) is 1. The van der Waals surface area contributed by atoms with E-state index >= 15 is 0 Å². The second kappa shape index (κ2) is 7.84. The minimum atomic E-state index is -0.0229. The van der Waals surface area contributed by atoms with E-state index in [0.29, 0.717) is 19.1 Å². The van der Waals surface area contributed by atoms with Gasteiger partial charge in [-0.05, 0) is 30.5 Å². The van der Waals surface area contributed by atoms with Gasteiger partial charge in [-0.2, -0.15) is 0 Å². The molecule has 2 N–H and O–H groups in total. The van der Waals surface area contributed by atoms with Crippen LogP contribution in [0.15, 0.2) is 24.3 Å². The molecule has 1 aromatic rings. The normalized spacial score (nSPS) is 12.2. The molecule has 0 aliphatic carbocycles. The highest BCUT2D eigenvalue weighted by Gasteiger charge is 2.04. The summed E-state index contributed by atoms with van der Waals surface area (Å²) in [5, 5.41) is 5.97. The van der Waals surface area contributed by atoms with Gasteiger partial charge in [0.25, 0.3) is 0 Å². The Balaban J connectivity index is 2.25. The van der Waals surface area contributed by atoms with Gasteiger partial charge in [-0.1, -0.05) is 19.1 Å². The third-order valence-corrected chi connectivity index (χ3v) is 2.53. The molecule has 0 aliphatic rings. The zero-order valence-electron chi connectivity index (χ0n) is 11.3. The minimum Gasteiger partial charge on any atom is -0.384 e. The predicted molar refractivity (Wildman–Crippen MR) is 73.7 cm³/mol. The fraction of sp³-hybridized carbons (Fsp3) is 0.500. The van der Waals surface area contributed by atoms with Crippen molar-refractivity contribution in [2.24, 2.45) is 5.92 Å². The number of hydrogen-bond donors (Lipinski definition) is 2. The summed E-state index contributed by atoms with van der Waals surface area (Å²) in [7, 11) is 1.68. The van der Waals surface area contributed by atoms with E-state index in [9.17, 15) is 4.79 Å². The van der Waals surface area contributed by atoms with Crippen molar-refractivity contribution in [3.8, 4) is 0 Å². The Morgan fingerprint density at radius 3 is 2.89 bits per heavy atom. The lowest BCUT2D eigenvalue weighted by Gasteiger charge is -2.11. The van der Waals surface area contributed by atoms with Crippen LogP contribution in [0, 0.1) is 12.8 Å². The summed E-state index contributed by atoms with van der Waals surface area (Å²) in [5.74, 6) is 0.381. The number of aryl methyl sites for hydroxylation is 1. The Morgan fingerprint density at radius 2 is 2.22 bits per heavy atom. The third-order valence-electron chi connectivity index (χ3n) is 2.53. The monoisotopic (exact) mass is 250 g/mol. The molecule has 0 aliphatic heterocycles. The Bertz CT molecular complexity index is 380. The topological polar surface area (TPSA) is 50.4 Å². The second-order valence-electron chi connectivity index (χ2n) is 4.61. The Morgan fingerprint density at radius 1 is 1.44 bits per heavy atom. The lowest BCUT2D eigenvalue weighted by Crippen LogP contribution is -2.32. The maximum absolute atomic E-state index is 11.7. The summed E-state index contributed by atoms with van der Waals surface area (Å²) in [5.41, 5.74) is 1.97. The van der Waals surface area contributed by atoms with Crippen molar-refractivity contribution in [2.75, 3.05) is 32.1 Å². The Kier molecular flexibility index (Phi) is 6.39. The highest BCUT2D eigenvalue weighted by Crippen LogP contribution is 2.08. The average molecular weight is 250 g/mol. The van der Waals surface area contributed by atoms with Crippen molar-refractivity contribution in [3.05, 3.63) is 29.8 Å². The lowest BCUT2D eigenvalue weighted by molar-refractivity contribution is -0.115. The van der Waals surface area contributed by atoms with Gasteiger partial charge in [0, 0.05) is 25.9 Å². The van der Waals surface area contributed by atoms with Crippen molar-refractivity contribution < 1.29 is 9.53 Å². The summed E-state index contributed by atoms with van der Waals surface area (Å²) in [6, 6.07) is 7.77. The van der Waals surface area contributed by atoms with E-state index in [4.69, 9.17) is 4.74 Å². The van der Waals surface area contributed by atoms with Crippen LogP contribution in [0.5, 0.6) is 0 Å². The van der Waals surface area contributed by atoms with Crippen LogP contribution < -0.4 is 10.6 Å². The lowest BCUT2D eigenvalue weighted by atomic mass is 10.2. The van der Waals surface area contributed by atoms with Crippen LogP contribution in [0.4, 0.5) is 5.69 Å². The first-order valence-electron chi connectivity index (χ1n) is 6.18. The summed E-state index contributed by atoms with van der Waals surface area (Å²) < 4.78 is 5.03. The van der Waals surface area contributed by atoms with Crippen LogP contribution in [0.1, 0.15) is 12.5 Å². The van der Waals surface area contributed by atoms with E-state index in [0.717, 1.165) is 17.8 Å². The summed E-state index contributed by atoms with van der Waals surface area (Å²) in [6.07, 6.45) is 0. The maximum Gasteiger partial charge on any atom is 0.238 e. The molecule has 0 radical (unpaired) electrons. The Hall–Kier alpha value is -1.39. The molecule has 0 aromatic heterocycles. The summed E-state index contributed by atoms with van der Waals surface area (Å²) in [4.78, 5) is 11.7. The van der Waals surface area contributed by atoms with Crippen molar-refractivity contribution in [2.45, 2.75) is 13.8 Å². The fourth-order valence-corrected chi connectivity index (χ4v) is 1.70. The third kappa shape index (κ3) is 5.80. The molecule has 0 heterocycles. The molecule has 0 saturated carbocycles. The maximum atomic E-state index is 11.7. The van der Waals surface area contributed by atoms with Gasteiger partial charge in [0.15, 0.2) is 0 Å². The first kappa shape index (κ1) is 14.7. The number of hydrogen-bond acceptors (Lipinski definition) is 3. The van der Waals surface area contributed by atoms with E-state index in [1.54, 1.807) is 7.11 Å². The first-order valence-corrected chi connectivity index (χ1v) is 6.18. The number of benzene rings is 1. The molecule has 4 nitrogen and oxygen atoms in total. The van der Waals surface area contributed by atoms with Gasteiger partial charge >= 0.3 is 0 Å². The van der Waals surface area contributed by atoms with Gasteiger partial charge in [0.05, 0.1) is 6.54 Å². The SMILES string of the molecule is COCC(C)CNCC(=O)Nc1cccc(C)c1. The van der Waals surface area contributed by atoms with Crippen molar-refractivity contribution >= 4 is 11.6 Å². The average Bonchev–Trinajstić information content (AvgIpc) is 2.29. The number of nitrogens with one attached hydrogen (secondary N) is 2. The molecule has 4 heteroatoms. The van der Waals surface area contributed by atoms with Crippen molar-refractivity contribution in [1.29, 1.82) is 0 Å². The van der Waals surface area contributed by atoms with Gasteiger partial charge in [-0.25, -0.2) is 0 Å². The van der Waals surface area contributed by atoms with Crippen LogP contribution >= 0.6 is 0 Å². The quantitative estimate of drug-likeness (QED) is 0.776. The van der Waals surface area contributed by atoms with Crippen LogP contribution in [0.3, 0.4) is 0 Å². The molecule has 1 rings (SSSR count). The number of methoxy groups -OCH3 is 1. The first-order chi connectivity index (χ1) is 8.61. The molecule has 0 bridgehead atoms. The number of amides is 1. The molecule has 1 atom stereocenters. The predicted octanol–water partition coefficient (Wildman–Crippen LogP) is 1.81. The summed E-state index contributed by atoms with van der Waals surface area (Å²) in [6.45, 7) is 5.87. The molecule has 0 fully saturated rings. The Labute approximate surface area is 109 Å². The van der Waals surface area contributed by atoms with Crippen LogP contribution in [0.25, 0.3) is 0 Å². The van der Waals surface area contributed by atoms with E-state index in [1.165, 1.54) is 0 Å². The standard InChI is InChI=1S/C14H22N2O2/c1-11-5-4-6-13(7-11)16-14(17)9-15-8-12(2)10-18-3/h4-7,12,15H,8-10H2,1-3H3,(H,16,17). The molecule has 0 spiro atoms. The molecule has 0 saturated heterocycles. The second-order valence-corrected chi connectivity index (χ2v) is 4.61. The van der Waals surface area contributed by atoms with E-state index in [-0.39, 0.29) is 5.91 Å². The van der Waals surface area contributed by atoms with Gasteiger partial charge in [-0.3, -0.25) is 4.79 Å². The smallest absolute Gasteiger partial charge is 0.238 e. The fourth-order valence-electron chi connectivity index (χ4n) is 1.70. The largest absolute Gasteiger partial charge is 0.384 e. The van der Waals surface area contributed by atoms with Crippen LogP contribution in [-0.4, -0.2) is 32.7 Å². The van der Waals surface area contributed by atoms with Gasteiger partial charge in [0.1, 0.15) is 0 Å². The van der Waals surface area contributed by atoms with Crippen LogP contribution in [0.2, 0.25) is 0 Å². The van der Waals surface area contributed by atoms with Gasteiger partial charge in [-0.15, -0.1) is 0 Å². The number of carbonyl (C=O) groups excluding carboxylic acids is 1. The van der Waals surface area contributed by atoms with E-state index in [2.05, 4.69) is 17.6 Å². The molecule has 1 unspecified atom stereocenters. The number of rotatable bonds is 7. The number of anilines is 1. The molecule has 1 aromatic carbocycles. The van der Waals surface area contributed by atoms with Crippen molar-refractivity contribution in [1.82, 2.24) is 5.32 Å². The molecular weight excluding hydrogens is 228 g/mol. The van der Waals surface area contributed by atoms with E-state index in [1.807, 2.05) is 31.2 Å². The zero-order chi connectivity index (χ0) is 13.4. The molecule has 18 heavy (non-hydrogen) atoms. The molecule has 100 valence electrons. The minimum absolute atomic E-state index is 0.0229. The number of carbonyl (C=O) groups is 1. The van der Waals surface area contributed by atoms with Gasteiger partial charge < -0.3 is 15.4 Å². The van der Waals surface area contributed by atoms with Crippen molar-refractivity contribution in [3.63, 3.8) is 0 Å². The summed E-state index contributed by atoms with van der Waals surface area (Å²) >= 11 is 0. The van der Waals surface area contributed by atoms with Gasteiger partial charge in [0.2, 0.25) is 5.91 Å². The van der Waals surface area contributed by atoms with E-state index < -0.39 is 0 Å². The van der Waals surface area contributed by atoms with Crippen LogP contribution in [-0.2, 0) is 9.53 Å². The molecular formula is C14H22N2O2. The highest BCUT2D eigenvalue weighted by molar-refractivity contribution is 5.92.